The lowest BCUT2D eigenvalue weighted by atomic mass is 9.83. The number of carbonyl (C=O) groups excluding carboxylic acids is 1. The first-order chi connectivity index (χ1) is 17.7. The molecule has 1 atom stereocenters. The number of hydrogen-bond acceptors (Lipinski definition) is 6. The molecule has 1 heterocycles. The van der Waals surface area contributed by atoms with Gasteiger partial charge in [-0.25, -0.2) is 4.79 Å². The number of ether oxygens (including phenoxy) is 3. The quantitative estimate of drug-likeness (QED) is 0.174. The van der Waals surface area contributed by atoms with E-state index in [1.165, 1.54) is 18.2 Å². The van der Waals surface area contributed by atoms with Crippen LogP contribution in [0.3, 0.4) is 0 Å². The summed E-state index contributed by atoms with van der Waals surface area (Å²) in [6.45, 7) is 2.50. The molecule has 0 fully saturated rings. The fraction of sp³-hybridized carbons (Fsp3) is 0.185. The number of carbonyl (C=O) groups is 1. The second-order valence-corrected chi connectivity index (χ2v) is 9.75. The van der Waals surface area contributed by atoms with Crippen molar-refractivity contribution in [3.05, 3.63) is 96.8 Å². The zero-order valence-corrected chi connectivity index (χ0v) is 22.5. The second-order valence-electron chi connectivity index (χ2n) is 8.12. The Morgan fingerprint density at radius 1 is 1.05 bits per heavy atom. The van der Waals surface area contributed by atoms with Gasteiger partial charge in [-0.15, -0.1) is 0 Å². The number of rotatable bonds is 7. The van der Waals surface area contributed by atoms with E-state index in [9.17, 15) is 10.1 Å². The number of halogens is 4. The number of nitriles is 1. The molecule has 0 aliphatic carbocycles. The molecule has 1 aliphatic rings. The predicted octanol–water partition coefficient (Wildman–Crippen LogP) is 7.92. The van der Waals surface area contributed by atoms with Gasteiger partial charge >= 0.3 is 5.97 Å². The Hall–Kier alpha value is -3.08. The highest BCUT2D eigenvalue weighted by atomic mass is 35.5. The molecule has 0 spiro atoms. The topological polar surface area (TPSA) is 94.6 Å². The number of allylic oxidation sites excluding steroid dienone is 1. The molecule has 6 nitrogen and oxygen atoms in total. The molecule has 4 rings (SSSR count). The number of nitrogens with two attached hydrogens (primary N) is 1. The maximum absolute atomic E-state index is 12.9. The van der Waals surface area contributed by atoms with Crippen LogP contribution in [0.4, 0.5) is 0 Å². The molecule has 0 bridgehead atoms. The van der Waals surface area contributed by atoms with Gasteiger partial charge in [-0.1, -0.05) is 71.9 Å². The summed E-state index contributed by atoms with van der Waals surface area (Å²) in [6.07, 6.45) is 1.80. The Morgan fingerprint density at radius 2 is 1.73 bits per heavy atom. The second kappa shape index (κ2) is 11.5. The highest BCUT2D eigenvalue weighted by Crippen LogP contribution is 2.47. The van der Waals surface area contributed by atoms with Crippen LogP contribution in [-0.2, 0) is 0 Å². The van der Waals surface area contributed by atoms with Gasteiger partial charge in [-0.3, -0.25) is 0 Å². The lowest BCUT2D eigenvalue weighted by Gasteiger charge is -2.27. The molecule has 3 aromatic rings. The molecule has 1 unspecified atom stereocenters. The number of unbranched alkanes of at least 4 members (excludes halogenated alkanes) is 1. The molecule has 1 aliphatic heterocycles. The number of esters is 1. The molecule has 0 amide bonds. The molecule has 0 saturated heterocycles. The highest BCUT2D eigenvalue weighted by Gasteiger charge is 2.33. The minimum Gasteiger partial charge on any atom is -0.490 e. The summed E-state index contributed by atoms with van der Waals surface area (Å²) < 4.78 is 16.9. The maximum atomic E-state index is 12.9. The van der Waals surface area contributed by atoms with Gasteiger partial charge < -0.3 is 19.9 Å². The number of benzene rings is 3. The van der Waals surface area contributed by atoms with E-state index >= 15 is 0 Å². The Kier molecular flexibility index (Phi) is 8.41. The monoisotopic (exact) mass is 576 g/mol. The molecule has 3 aromatic carbocycles. The van der Waals surface area contributed by atoms with Gasteiger partial charge in [0.25, 0.3) is 0 Å². The fourth-order valence-corrected chi connectivity index (χ4v) is 5.09. The van der Waals surface area contributed by atoms with Crippen LogP contribution in [0, 0.1) is 11.3 Å². The van der Waals surface area contributed by atoms with Gasteiger partial charge in [0.05, 0.1) is 28.1 Å². The largest absolute Gasteiger partial charge is 0.490 e. The van der Waals surface area contributed by atoms with Crippen LogP contribution in [0.15, 0.2) is 60.0 Å². The van der Waals surface area contributed by atoms with Crippen LogP contribution in [-0.4, -0.2) is 12.6 Å². The van der Waals surface area contributed by atoms with Crippen molar-refractivity contribution < 1.29 is 19.0 Å². The Balaban J connectivity index is 1.63. The third-order valence-corrected chi connectivity index (χ3v) is 6.89. The van der Waals surface area contributed by atoms with Gasteiger partial charge in [-0.05, 0) is 36.8 Å². The first-order valence-electron chi connectivity index (χ1n) is 11.2. The van der Waals surface area contributed by atoms with Crippen molar-refractivity contribution in [2.24, 2.45) is 5.73 Å². The van der Waals surface area contributed by atoms with Gasteiger partial charge in [-0.2, -0.15) is 5.26 Å². The first kappa shape index (κ1) is 27.0. The van der Waals surface area contributed by atoms with Crippen molar-refractivity contribution in [3.8, 4) is 23.3 Å². The minimum atomic E-state index is -0.688. The Bertz CT molecular complexity index is 1410. The molecule has 0 saturated carbocycles. The molecule has 190 valence electrons. The summed E-state index contributed by atoms with van der Waals surface area (Å²) in [5.41, 5.74) is 7.47. The van der Waals surface area contributed by atoms with E-state index in [1.807, 2.05) is 6.92 Å². The van der Waals surface area contributed by atoms with Crippen molar-refractivity contribution in [2.75, 3.05) is 6.61 Å². The van der Waals surface area contributed by atoms with Gasteiger partial charge in [0.2, 0.25) is 5.88 Å². The van der Waals surface area contributed by atoms with Crippen molar-refractivity contribution in [2.45, 2.75) is 25.7 Å². The van der Waals surface area contributed by atoms with E-state index in [0.29, 0.717) is 39.3 Å². The third-order valence-electron chi connectivity index (χ3n) is 5.67. The van der Waals surface area contributed by atoms with Crippen LogP contribution in [0.1, 0.15) is 47.2 Å². The molecule has 10 heteroatoms. The van der Waals surface area contributed by atoms with Crippen LogP contribution in [0.2, 0.25) is 20.1 Å². The third kappa shape index (κ3) is 5.61. The number of fused-ring (bicyclic) bond motifs is 1. The molecule has 37 heavy (non-hydrogen) atoms. The Labute approximate surface area is 234 Å². The summed E-state index contributed by atoms with van der Waals surface area (Å²) in [7, 11) is 0. The van der Waals surface area contributed by atoms with Crippen LogP contribution < -0.4 is 19.9 Å². The van der Waals surface area contributed by atoms with E-state index in [4.69, 9.17) is 66.3 Å². The first-order valence-corrected chi connectivity index (χ1v) is 12.8. The normalized spacial score (nSPS) is 14.4. The van der Waals surface area contributed by atoms with Gasteiger partial charge in [0.15, 0.2) is 5.75 Å². The molecule has 0 aromatic heterocycles. The fourth-order valence-electron chi connectivity index (χ4n) is 3.88. The summed E-state index contributed by atoms with van der Waals surface area (Å²) in [6, 6.07) is 14.7. The lowest BCUT2D eigenvalue weighted by Crippen LogP contribution is -2.21. The van der Waals surface area contributed by atoms with E-state index in [1.54, 1.807) is 30.3 Å². The standard InChI is InChI=1S/C27H20Cl4N2O4/c1-2-3-9-35-25-20(30)10-14(11-21(25)31)27(34)36-15-7-8-16-22(12-15)37-26(33)17(13-32)23(16)24-18(28)5-4-6-19(24)29/h4-8,10-12,23H,2-3,9,33H2,1H3. The minimum absolute atomic E-state index is 0.100. The van der Waals surface area contributed by atoms with Crippen molar-refractivity contribution >= 4 is 52.4 Å². The molecular weight excluding hydrogens is 558 g/mol. The van der Waals surface area contributed by atoms with Gasteiger partial charge in [0.1, 0.15) is 23.1 Å². The average molecular weight is 578 g/mol. The average Bonchev–Trinajstić information content (AvgIpc) is 2.85. The number of nitrogens with zero attached hydrogens (tertiary/aromatic N) is 1. The van der Waals surface area contributed by atoms with Crippen molar-refractivity contribution in [1.82, 2.24) is 0 Å². The van der Waals surface area contributed by atoms with Crippen molar-refractivity contribution in [1.29, 1.82) is 5.26 Å². The SMILES string of the molecule is CCCCOc1c(Cl)cc(C(=O)Oc2ccc3c(c2)OC(N)=C(C#N)C3c2c(Cl)cccc2Cl)cc1Cl. The lowest BCUT2D eigenvalue weighted by molar-refractivity contribution is 0.0734. The molecular formula is C27H20Cl4N2O4. The highest BCUT2D eigenvalue weighted by molar-refractivity contribution is 6.38. The number of hydrogen-bond donors (Lipinski definition) is 1. The zero-order chi connectivity index (χ0) is 26.7. The van der Waals surface area contributed by atoms with E-state index in [2.05, 4.69) is 6.07 Å². The zero-order valence-electron chi connectivity index (χ0n) is 19.5. The summed E-state index contributed by atoms with van der Waals surface area (Å²) in [5, 5.41) is 10.9. The van der Waals surface area contributed by atoms with E-state index < -0.39 is 11.9 Å². The molecule has 2 N–H and O–H groups in total. The summed E-state index contributed by atoms with van der Waals surface area (Å²) >= 11 is 25.5. The molecule has 0 radical (unpaired) electrons. The van der Waals surface area contributed by atoms with Crippen molar-refractivity contribution in [3.63, 3.8) is 0 Å². The van der Waals surface area contributed by atoms with E-state index in [-0.39, 0.29) is 32.8 Å². The van der Waals surface area contributed by atoms with Crippen LogP contribution in [0.25, 0.3) is 0 Å². The van der Waals surface area contributed by atoms with Crippen LogP contribution >= 0.6 is 46.4 Å². The van der Waals surface area contributed by atoms with Gasteiger partial charge in [0, 0.05) is 27.2 Å². The van der Waals surface area contributed by atoms with Crippen LogP contribution in [0.5, 0.6) is 17.2 Å². The smallest absolute Gasteiger partial charge is 0.343 e. The predicted molar refractivity (Wildman–Crippen MR) is 144 cm³/mol. The Morgan fingerprint density at radius 3 is 2.35 bits per heavy atom. The van der Waals surface area contributed by atoms with E-state index in [0.717, 1.165) is 12.8 Å². The maximum Gasteiger partial charge on any atom is 0.343 e. The summed E-state index contributed by atoms with van der Waals surface area (Å²) in [4.78, 5) is 12.9. The summed E-state index contributed by atoms with van der Waals surface area (Å²) in [5.74, 6) is -0.675.